The Morgan fingerprint density at radius 3 is 2.89 bits per heavy atom. The largest absolute Gasteiger partial charge is 0.399 e. The number of aromatic nitrogens is 3. The van der Waals surface area contributed by atoms with E-state index < -0.39 is 0 Å². The molecule has 94 valence electrons. The summed E-state index contributed by atoms with van der Waals surface area (Å²) in [6.45, 7) is 0.352. The Morgan fingerprint density at radius 1 is 1.21 bits per heavy atom. The van der Waals surface area contributed by atoms with Gasteiger partial charge in [0.25, 0.3) is 5.56 Å². The molecule has 0 aliphatic carbocycles. The molecule has 0 fully saturated rings. The van der Waals surface area contributed by atoms with Crippen LogP contribution in [0.1, 0.15) is 5.69 Å². The van der Waals surface area contributed by atoms with Crippen molar-refractivity contribution in [2.75, 3.05) is 5.73 Å². The number of nitrogen functional groups attached to an aromatic ring is 1. The molecular formula is C14H12N4O. The maximum absolute atomic E-state index is 12.3. The van der Waals surface area contributed by atoms with Crippen LogP contribution in [0.25, 0.3) is 10.8 Å². The molecule has 5 nitrogen and oxygen atoms in total. The molecular weight excluding hydrogens is 240 g/mol. The van der Waals surface area contributed by atoms with Gasteiger partial charge < -0.3 is 5.73 Å². The predicted molar refractivity (Wildman–Crippen MR) is 73.8 cm³/mol. The van der Waals surface area contributed by atoms with Gasteiger partial charge in [-0.1, -0.05) is 12.1 Å². The van der Waals surface area contributed by atoms with Crippen LogP contribution in [-0.4, -0.2) is 14.8 Å². The van der Waals surface area contributed by atoms with Crippen molar-refractivity contribution in [1.82, 2.24) is 14.8 Å². The lowest BCUT2D eigenvalue weighted by Crippen LogP contribution is -2.23. The summed E-state index contributed by atoms with van der Waals surface area (Å²) in [6, 6.07) is 10.8. The van der Waals surface area contributed by atoms with Gasteiger partial charge in [-0.25, -0.2) is 4.68 Å². The van der Waals surface area contributed by atoms with Gasteiger partial charge in [0.2, 0.25) is 0 Å². The summed E-state index contributed by atoms with van der Waals surface area (Å²) in [4.78, 5) is 16.5. The number of nitrogens with two attached hydrogens (primary N) is 1. The van der Waals surface area contributed by atoms with Gasteiger partial charge in [0, 0.05) is 17.3 Å². The zero-order valence-corrected chi connectivity index (χ0v) is 10.2. The van der Waals surface area contributed by atoms with E-state index in [0.29, 0.717) is 17.6 Å². The van der Waals surface area contributed by atoms with Gasteiger partial charge in [-0.15, -0.1) is 0 Å². The molecule has 0 aliphatic heterocycles. The first-order chi connectivity index (χ1) is 9.24. The summed E-state index contributed by atoms with van der Waals surface area (Å²) in [5, 5.41) is 5.52. The van der Waals surface area contributed by atoms with Crippen molar-refractivity contribution in [3.63, 3.8) is 0 Å². The highest BCUT2D eigenvalue weighted by molar-refractivity contribution is 5.83. The minimum absolute atomic E-state index is 0.157. The second-order valence-corrected chi connectivity index (χ2v) is 4.28. The second-order valence-electron chi connectivity index (χ2n) is 4.28. The van der Waals surface area contributed by atoms with Crippen LogP contribution in [0, 0.1) is 0 Å². The van der Waals surface area contributed by atoms with Crippen molar-refractivity contribution in [2.45, 2.75) is 6.54 Å². The number of benzene rings is 1. The van der Waals surface area contributed by atoms with Crippen molar-refractivity contribution < 1.29 is 0 Å². The minimum atomic E-state index is -0.157. The molecule has 2 aromatic heterocycles. The standard InChI is InChI=1S/C14H12N4O/c15-11-5-4-10-8-17-18(14(19)13(10)7-11)9-12-3-1-2-6-16-12/h1-8H,9,15H2. The van der Waals surface area contributed by atoms with E-state index in [-0.39, 0.29) is 5.56 Å². The Morgan fingerprint density at radius 2 is 2.11 bits per heavy atom. The van der Waals surface area contributed by atoms with E-state index in [1.54, 1.807) is 30.6 Å². The molecule has 0 saturated heterocycles. The Balaban J connectivity index is 2.10. The lowest BCUT2D eigenvalue weighted by atomic mass is 10.2. The average molecular weight is 252 g/mol. The number of nitrogens with zero attached hydrogens (tertiary/aromatic N) is 3. The zero-order valence-electron chi connectivity index (χ0n) is 10.2. The third-order valence-electron chi connectivity index (χ3n) is 2.92. The fourth-order valence-electron chi connectivity index (χ4n) is 1.95. The van der Waals surface area contributed by atoms with Gasteiger partial charge in [-0.3, -0.25) is 9.78 Å². The molecule has 5 heteroatoms. The monoisotopic (exact) mass is 252 g/mol. The molecule has 2 heterocycles. The molecule has 3 rings (SSSR count). The Bertz CT molecular complexity index is 780. The van der Waals surface area contributed by atoms with E-state index in [2.05, 4.69) is 10.1 Å². The molecule has 2 N–H and O–H groups in total. The molecule has 0 amide bonds. The average Bonchev–Trinajstić information content (AvgIpc) is 2.44. The fraction of sp³-hybridized carbons (Fsp3) is 0.0714. The highest BCUT2D eigenvalue weighted by Crippen LogP contribution is 2.12. The number of rotatable bonds is 2. The summed E-state index contributed by atoms with van der Waals surface area (Å²) >= 11 is 0. The lowest BCUT2D eigenvalue weighted by molar-refractivity contribution is 0.636. The van der Waals surface area contributed by atoms with Gasteiger partial charge in [0.05, 0.1) is 23.8 Å². The van der Waals surface area contributed by atoms with Crippen LogP contribution < -0.4 is 11.3 Å². The SMILES string of the molecule is Nc1ccc2cnn(Cc3ccccn3)c(=O)c2c1. The van der Waals surface area contributed by atoms with Crippen LogP contribution >= 0.6 is 0 Å². The third-order valence-corrected chi connectivity index (χ3v) is 2.92. The van der Waals surface area contributed by atoms with Crippen molar-refractivity contribution in [3.05, 3.63) is 64.8 Å². The first-order valence-corrected chi connectivity index (χ1v) is 5.89. The van der Waals surface area contributed by atoms with E-state index in [4.69, 9.17) is 5.73 Å². The van der Waals surface area contributed by atoms with Gasteiger partial charge in [-0.05, 0) is 24.3 Å². The van der Waals surface area contributed by atoms with Crippen LogP contribution in [0.4, 0.5) is 5.69 Å². The number of hydrogen-bond acceptors (Lipinski definition) is 4. The summed E-state index contributed by atoms with van der Waals surface area (Å²) in [6.07, 6.45) is 3.36. The smallest absolute Gasteiger partial charge is 0.275 e. The van der Waals surface area contributed by atoms with Crippen molar-refractivity contribution in [1.29, 1.82) is 0 Å². The van der Waals surface area contributed by atoms with Gasteiger partial charge in [0.15, 0.2) is 0 Å². The van der Waals surface area contributed by atoms with E-state index in [0.717, 1.165) is 11.1 Å². The first-order valence-electron chi connectivity index (χ1n) is 5.89. The van der Waals surface area contributed by atoms with Crippen LogP contribution in [-0.2, 0) is 6.54 Å². The van der Waals surface area contributed by atoms with Crippen LogP contribution in [0.15, 0.2) is 53.6 Å². The maximum Gasteiger partial charge on any atom is 0.275 e. The summed E-state index contributed by atoms with van der Waals surface area (Å²) < 4.78 is 1.39. The molecule has 0 radical (unpaired) electrons. The fourth-order valence-corrected chi connectivity index (χ4v) is 1.95. The minimum Gasteiger partial charge on any atom is -0.399 e. The topological polar surface area (TPSA) is 73.8 Å². The van der Waals surface area contributed by atoms with Crippen LogP contribution in [0.2, 0.25) is 0 Å². The van der Waals surface area contributed by atoms with E-state index in [1.165, 1.54) is 4.68 Å². The zero-order chi connectivity index (χ0) is 13.2. The van der Waals surface area contributed by atoms with E-state index >= 15 is 0 Å². The normalized spacial score (nSPS) is 10.7. The highest BCUT2D eigenvalue weighted by atomic mass is 16.1. The number of hydrogen-bond donors (Lipinski definition) is 1. The molecule has 3 aromatic rings. The molecule has 1 aromatic carbocycles. The quantitative estimate of drug-likeness (QED) is 0.700. The molecule has 0 atom stereocenters. The second kappa shape index (κ2) is 4.53. The number of pyridine rings is 1. The molecule has 0 saturated carbocycles. The summed E-state index contributed by atoms with van der Waals surface area (Å²) in [5.74, 6) is 0. The van der Waals surface area contributed by atoms with Gasteiger partial charge in [0.1, 0.15) is 0 Å². The highest BCUT2D eigenvalue weighted by Gasteiger charge is 2.05. The van der Waals surface area contributed by atoms with Crippen LogP contribution in [0.3, 0.4) is 0 Å². The molecule has 0 unspecified atom stereocenters. The Hall–Kier alpha value is -2.69. The number of fused-ring (bicyclic) bond motifs is 1. The van der Waals surface area contributed by atoms with Gasteiger partial charge in [-0.2, -0.15) is 5.10 Å². The van der Waals surface area contributed by atoms with Crippen LogP contribution in [0.5, 0.6) is 0 Å². The van der Waals surface area contributed by atoms with Gasteiger partial charge >= 0.3 is 0 Å². The molecule has 0 spiro atoms. The Kier molecular flexibility index (Phi) is 2.72. The molecule has 0 aliphatic rings. The van der Waals surface area contributed by atoms with Crippen molar-refractivity contribution in [3.8, 4) is 0 Å². The molecule has 19 heavy (non-hydrogen) atoms. The summed E-state index contributed by atoms with van der Waals surface area (Å²) in [7, 11) is 0. The number of anilines is 1. The maximum atomic E-state index is 12.3. The van der Waals surface area contributed by atoms with Crippen molar-refractivity contribution >= 4 is 16.5 Å². The summed E-state index contributed by atoms with van der Waals surface area (Å²) in [5.41, 5.74) is 6.92. The van der Waals surface area contributed by atoms with Crippen molar-refractivity contribution in [2.24, 2.45) is 0 Å². The van der Waals surface area contributed by atoms with E-state index in [9.17, 15) is 4.79 Å². The predicted octanol–water partition coefficient (Wildman–Crippen LogP) is 1.42. The van der Waals surface area contributed by atoms with E-state index in [1.807, 2.05) is 18.2 Å². The third kappa shape index (κ3) is 2.18. The Labute approximate surface area is 109 Å². The first kappa shape index (κ1) is 11.4. The molecule has 0 bridgehead atoms. The lowest BCUT2D eigenvalue weighted by Gasteiger charge is -2.05.